The molecule has 3 N–H and O–H groups in total. The number of aromatic nitrogens is 4. The van der Waals surface area contributed by atoms with E-state index in [-0.39, 0.29) is 11.8 Å². The number of hydrogen-bond acceptors (Lipinski definition) is 7. The van der Waals surface area contributed by atoms with Crippen LogP contribution in [0.2, 0.25) is 0 Å². The number of nitrogens with two attached hydrogens (primary N) is 1. The molecule has 0 bridgehead atoms. The van der Waals surface area contributed by atoms with Crippen molar-refractivity contribution in [2.45, 2.75) is 31.6 Å². The third kappa shape index (κ3) is 4.56. The van der Waals surface area contributed by atoms with Crippen molar-refractivity contribution in [1.82, 2.24) is 25.1 Å². The molecule has 2 aliphatic carbocycles. The van der Waals surface area contributed by atoms with Gasteiger partial charge >= 0.3 is 0 Å². The molecule has 0 radical (unpaired) electrons. The Kier molecular flexibility index (Phi) is 5.96. The lowest BCUT2D eigenvalue weighted by Crippen LogP contribution is -2.31. The number of anilines is 1. The summed E-state index contributed by atoms with van der Waals surface area (Å²) in [6, 6.07) is 19.5. The fourth-order valence-electron chi connectivity index (χ4n) is 6.18. The maximum absolute atomic E-state index is 12.9. The van der Waals surface area contributed by atoms with E-state index >= 15 is 0 Å². The molecule has 4 aromatic rings. The Bertz CT molecular complexity index is 1640. The zero-order valence-electron chi connectivity index (χ0n) is 22.0. The van der Waals surface area contributed by atoms with Crippen LogP contribution in [-0.4, -0.2) is 44.1 Å². The topological polar surface area (TPSA) is 134 Å². The summed E-state index contributed by atoms with van der Waals surface area (Å²) in [5.74, 6) is 3.85. The molecule has 7 rings (SSSR count). The second kappa shape index (κ2) is 9.79. The Balaban J connectivity index is 1.05. The average Bonchev–Trinajstić information content (AvgIpc) is 3.34. The number of likely N-dealkylation sites (tertiary alicyclic amines) is 1. The van der Waals surface area contributed by atoms with Crippen molar-refractivity contribution in [3.05, 3.63) is 72.1 Å². The number of amides is 1. The third-order valence-electron chi connectivity index (χ3n) is 8.36. The van der Waals surface area contributed by atoms with E-state index in [1.807, 2.05) is 65.6 Å². The van der Waals surface area contributed by atoms with Crippen molar-refractivity contribution in [3.8, 4) is 28.8 Å². The van der Waals surface area contributed by atoms with Gasteiger partial charge in [0, 0.05) is 24.6 Å². The minimum absolute atomic E-state index is 0.119. The van der Waals surface area contributed by atoms with Gasteiger partial charge < -0.3 is 15.4 Å². The van der Waals surface area contributed by atoms with Gasteiger partial charge in [-0.25, -0.2) is 9.97 Å². The maximum Gasteiger partial charge on any atom is 0.264 e. The van der Waals surface area contributed by atoms with Gasteiger partial charge in [0.2, 0.25) is 0 Å². The van der Waals surface area contributed by atoms with Crippen molar-refractivity contribution >= 4 is 22.8 Å². The first-order chi connectivity index (χ1) is 19.6. The van der Waals surface area contributed by atoms with Crippen molar-refractivity contribution in [2.24, 2.45) is 17.8 Å². The minimum atomic E-state index is -0.119. The Labute approximate surface area is 231 Å². The molecular formula is C31H29N7O2. The summed E-state index contributed by atoms with van der Waals surface area (Å²) in [5.41, 5.74) is 9.03. The average molecular weight is 532 g/mol. The number of nitrogens with one attached hydrogen (secondary N) is 1. The number of aromatic amines is 1. The number of rotatable bonds is 6. The number of carbonyl (C=O) groups is 1. The first-order valence-corrected chi connectivity index (χ1v) is 13.8. The largest absolute Gasteiger partial charge is 0.457 e. The maximum atomic E-state index is 12.9. The fraction of sp³-hybridized carbons (Fsp3) is 0.323. The lowest BCUT2D eigenvalue weighted by Gasteiger charge is -2.18. The molecule has 200 valence electrons. The van der Waals surface area contributed by atoms with Crippen LogP contribution in [0.4, 0.5) is 5.82 Å². The Morgan fingerprint density at radius 2 is 1.73 bits per heavy atom. The van der Waals surface area contributed by atoms with Crippen molar-refractivity contribution in [1.29, 1.82) is 5.26 Å². The predicted molar refractivity (Wildman–Crippen MR) is 150 cm³/mol. The lowest BCUT2D eigenvalue weighted by atomic mass is 10.0. The van der Waals surface area contributed by atoms with E-state index in [2.05, 4.69) is 16.3 Å². The van der Waals surface area contributed by atoms with Gasteiger partial charge in [0.1, 0.15) is 34.8 Å². The number of H-pyrrole nitrogens is 1. The number of ether oxygens (including phenoxy) is 1. The second-order valence-electron chi connectivity index (χ2n) is 11.1. The summed E-state index contributed by atoms with van der Waals surface area (Å²) in [6.07, 6.45) is 5.80. The van der Waals surface area contributed by atoms with Gasteiger partial charge in [-0.15, -0.1) is 0 Å². The number of hydrogen-bond donors (Lipinski definition) is 2. The number of allylic oxidation sites excluding steroid dienone is 1. The van der Waals surface area contributed by atoms with E-state index in [1.54, 1.807) is 0 Å². The summed E-state index contributed by atoms with van der Waals surface area (Å²) in [7, 11) is 0. The molecule has 2 aromatic heterocycles. The van der Waals surface area contributed by atoms with E-state index in [9.17, 15) is 10.1 Å². The highest BCUT2D eigenvalue weighted by Gasteiger charge is 2.44. The van der Waals surface area contributed by atoms with Gasteiger partial charge in [0.25, 0.3) is 5.91 Å². The highest BCUT2D eigenvalue weighted by Crippen LogP contribution is 2.46. The minimum Gasteiger partial charge on any atom is -0.457 e. The molecular weight excluding hydrogens is 502 g/mol. The number of nitrogen functional groups attached to an aromatic ring is 1. The molecule has 1 amide bonds. The van der Waals surface area contributed by atoms with Crippen LogP contribution in [0, 0.1) is 29.1 Å². The third-order valence-corrected chi connectivity index (χ3v) is 8.36. The number of carbonyl (C=O) groups excluding carboxylic acids is 1. The zero-order valence-corrected chi connectivity index (χ0v) is 22.0. The van der Waals surface area contributed by atoms with Crippen molar-refractivity contribution in [2.75, 3.05) is 18.8 Å². The highest BCUT2D eigenvalue weighted by molar-refractivity contribution is 5.98. The van der Waals surface area contributed by atoms with E-state index in [4.69, 9.17) is 20.4 Å². The molecule has 2 aromatic carbocycles. The molecule has 40 heavy (non-hydrogen) atoms. The van der Waals surface area contributed by atoms with E-state index in [0.29, 0.717) is 59.1 Å². The number of para-hydroxylation sites is 1. The monoisotopic (exact) mass is 531 g/mol. The molecule has 0 spiro atoms. The normalized spacial score (nSPS) is 22.3. The molecule has 2 saturated carbocycles. The summed E-state index contributed by atoms with van der Waals surface area (Å²) in [5, 5.41) is 17.7. The Morgan fingerprint density at radius 3 is 2.40 bits per heavy atom. The van der Waals surface area contributed by atoms with E-state index < -0.39 is 0 Å². The SMILES string of the molecule is N#CC(=CC1CC1)C(=O)N1CC2CC(c3nc(N)c4c(-c5ccc(Oc6ccccc6)cc5)[nH]nc4n3)CC2C1. The number of fused-ring (bicyclic) bond motifs is 2. The number of benzene rings is 2. The predicted octanol–water partition coefficient (Wildman–Crippen LogP) is 5.21. The molecule has 1 saturated heterocycles. The fourth-order valence-corrected chi connectivity index (χ4v) is 6.18. The first kappa shape index (κ1) is 24.3. The number of nitrogens with zero attached hydrogens (tertiary/aromatic N) is 5. The molecule has 3 fully saturated rings. The van der Waals surface area contributed by atoms with Crippen LogP contribution in [0.15, 0.2) is 66.2 Å². The summed E-state index contributed by atoms with van der Waals surface area (Å²) in [4.78, 5) is 24.3. The Hall–Kier alpha value is -4.71. The number of nitriles is 1. The van der Waals surface area contributed by atoms with Crippen LogP contribution in [-0.2, 0) is 4.79 Å². The smallest absolute Gasteiger partial charge is 0.264 e. The zero-order chi connectivity index (χ0) is 27.2. The van der Waals surface area contributed by atoms with Crippen LogP contribution in [0.25, 0.3) is 22.3 Å². The molecule has 1 aliphatic heterocycles. The molecule has 9 heteroatoms. The first-order valence-electron chi connectivity index (χ1n) is 13.8. The van der Waals surface area contributed by atoms with Crippen molar-refractivity contribution < 1.29 is 9.53 Å². The molecule has 2 atom stereocenters. The summed E-state index contributed by atoms with van der Waals surface area (Å²) in [6.45, 7) is 1.36. The van der Waals surface area contributed by atoms with Crippen LogP contribution in [0.3, 0.4) is 0 Å². The van der Waals surface area contributed by atoms with Crippen LogP contribution in [0.5, 0.6) is 11.5 Å². The summed E-state index contributed by atoms with van der Waals surface area (Å²) >= 11 is 0. The van der Waals surface area contributed by atoms with E-state index in [1.165, 1.54) is 0 Å². The Morgan fingerprint density at radius 1 is 1.02 bits per heavy atom. The molecule has 3 aliphatic rings. The molecule has 9 nitrogen and oxygen atoms in total. The van der Waals surface area contributed by atoms with Gasteiger partial charge in [-0.1, -0.05) is 24.3 Å². The van der Waals surface area contributed by atoms with Crippen LogP contribution < -0.4 is 10.5 Å². The standard InChI is InChI=1S/C31H29N7O2/c32-15-21(12-18-6-7-18)31(39)38-16-22-13-20(14-23(22)17-38)29-34-28(33)26-27(36-37-30(26)35-29)19-8-10-25(11-9-19)40-24-4-2-1-3-5-24/h1-5,8-12,18,20,22-23H,6-7,13-14,16-17H2,(H3,33,34,35,36,37). The van der Waals surface area contributed by atoms with Crippen molar-refractivity contribution in [3.63, 3.8) is 0 Å². The summed E-state index contributed by atoms with van der Waals surface area (Å²) < 4.78 is 5.91. The van der Waals surface area contributed by atoms with Crippen LogP contribution in [0.1, 0.15) is 37.4 Å². The van der Waals surface area contributed by atoms with E-state index in [0.717, 1.165) is 48.4 Å². The van der Waals surface area contributed by atoms with Gasteiger partial charge in [-0.2, -0.15) is 10.4 Å². The van der Waals surface area contributed by atoms with Gasteiger partial charge in [0.15, 0.2) is 5.65 Å². The van der Waals surface area contributed by atoms with Gasteiger partial charge in [-0.05, 0) is 79.8 Å². The molecule has 2 unspecified atom stereocenters. The van der Waals surface area contributed by atoms with Crippen LogP contribution >= 0.6 is 0 Å². The quantitative estimate of drug-likeness (QED) is 0.258. The lowest BCUT2D eigenvalue weighted by molar-refractivity contribution is -0.126. The van der Waals surface area contributed by atoms with Gasteiger partial charge in [0.05, 0.1) is 11.1 Å². The molecule has 3 heterocycles. The highest BCUT2D eigenvalue weighted by atomic mass is 16.5. The second-order valence-corrected chi connectivity index (χ2v) is 11.1. The van der Waals surface area contributed by atoms with Gasteiger partial charge in [-0.3, -0.25) is 9.89 Å².